The zero-order valence-corrected chi connectivity index (χ0v) is 14.0. The van der Waals surface area contributed by atoms with Gasteiger partial charge in [-0.15, -0.1) is 0 Å². The number of carbonyl (C=O) groups excluding carboxylic acids is 1. The van der Waals surface area contributed by atoms with Gasteiger partial charge in [0.2, 0.25) is 5.91 Å². The Hall–Kier alpha value is -2.59. The molecule has 0 saturated carbocycles. The Labute approximate surface area is 145 Å². The van der Waals surface area contributed by atoms with Crippen LogP contribution in [0.1, 0.15) is 18.1 Å². The highest BCUT2D eigenvalue weighted by atomic mass is 35.5. The SMILES string of the molecule is C[C@@H](Cc1c[nH]c2ccccc12)C(=O)N/N=C/c1ccc(Cl)cc1. The normalized spacial score (nSPS) is 12.6. The zero-order chi connectivity index (χ0) is 16.9. The molecule has 0 saturated heterocycles. The highest BCUT2D eigenvalue weighted by Crippen LogP contribution is 2.20. The lowest BCUT2D eigenvalue weighted by molar-refractivity contribution is -0.124. The molecule has 1 amide bonds. The minimum absolute atomic E-state index is 0.106. The van der Waals surface area contributed by atoms with Crippen molar-refractivity contribution in [2.75, 3.05) is 0 Å². The first-order valence-electron chi connectivity index (χ1n) is 7.77. The highest BCUT2D eigenvalue weighted by Gasteiger charge is 2.15. The van der Waals surface area contributed by atoms with Gasteiger partial charge < -0.3 is 4.98 Å². The van der Waals surface area contributed by atoms with E-state index in [1.807, 2.05) is 43.5 Å². The molecule has 0 bridgehead atoms. The van der Waals surface area contributed by atoms with Gasteiger partial charge in [0.25, 0.3) is 0 Å². The number of aromatic amines is 1. The van der Waals surface area contributed by atoms with E-state index in [0.717, 1.165) is 22.0 Å². The van der Waals surface area contributed by atoms with Crippen LogP contribution in [-0.2, 0) is 11.2 Å². The molecule has 1 heterocycles. The summed E-state index contributed by atoms with van der Waals surface area (Å²) in [5.41, 5.74) is 5.69. The minimum Gasteiger partial charge on any atom is -0.361 e. The predicted molar refractivity (Wildman–Crippen MR) is 98.4 cm³/mol. The fraction of sp³-hybridized carbons (Fsp3) is 0.158. The molecular formula is C19H18ClN3O. The van der Waals surface area contributed by atoms with E-state index in [1.54, 1.807) is 18.3 Å². The monoisotopic (exact) mass is 339 g/mol. The molecule has 4 nitrogen and oxygen atoms in total. The van der Waals surface area contributed by atoms with Crippen LogP contribution >= 0.6 is 11.6 Å². The van der Waals surface area contributed by atoms with Gasteiger partial charge in [0.1, 0.15) is 0 Å². The van der Waals surface area contributed by atoms with Crippen molar-refractivity contribution in [2.24, 2.45) is 11.0 Å². The van der Waals surface area contributed by atoms with Crippen LogP contribution in [0, 0.1) is 5.92 Å². The van der Waals surface area contributed by atoms with Crippen molar-refractivity contribution in [3.05, 3.63) is 70.9 Å². The number of hydrazone groups is 1. The van der Waals surface area contributed by atoms with Gasteiger partial charge in [0.15, 0.2) is 0 Å². The Bertz CT molecular complexity index is 868. The summed E-state index contributed by atoms with van der Waals surface area (Å²) in [5, 5.41) is 5.83. The van der Waals surface area contributed by atoms with Gasteiger partial charge in [-0.3, -0.25) is 4.79 Å². The Morgan fingerprint density at radius 1 is 1.25 bits per heavy atom. The molecule has 2 N–H and O–H groups in total. The molecule has 3 rings (SSSR count). The van der Waals surface area contributed by atoms with Crippen molar-refractivity contribution in [3.63, 3.8) is 0 Å². The van der Waals surface area contributed by atoms with Gasteiger partial charge in [-0.1, -0.05) is 48.9 Å². The maximum Gasteiger partial charge on any atom is 0.243 e. The zero-order valence-electron chi connectivity index (χ0n) is 13.3. The topological polar surface area (TPSA) is 57.2 Å². The largest absolute Gasteiger partial charge is 0.361 e. The summed E-state index contributed by atoms with van der Waals surface area (Å²) in [4.78, 5) is 15.4. The molecule has 1 atom stereocenters. The number of rotatable bonds is 5. The van der Waals surface area contributed by atoms with Crippen LogP contribution in [0.2, 0.25) is 5.02 Å². The van der Waals surface area contributed by atoms with Gasteiger partial charge in [0, 0.05) is 28.0 Å². The maximum atomic E-state index is 12.2. The number of benzene rings is 2. The van der Waals surface area contributed by atoms with Crippen LogP contribution in [0.5, 0.6) is 0 Å². The number of fused-ring (bicyclic) bond motifs is 1. The number of amides is 1. The molecule has 0 fully saturated rings. The number of halogens is 1. The number of aromatic nitrogens is 1. The third-order valence-electron chi connectivity index (χ3n) is 3.91. The third-order valence-corrected chi connectivity index (χ3v) is 4.16. The van der Waals surface area contributed by atoms with Crippen molar-refractivity contribution in [1.82, 2.24) is 10.4 Å². The summed E-state index contributed by atoms with van der Waals surface area (Å²) in [6, 6.07) is 15.3. The molecule has 122 valence electrons. The Kier molecular flexibility index (Phi) is 4.96. The summed E-state index contributed by atoms with van der Waals surface area (Å²) < 4.78 is 0. The second kappa shape index (κ2) is 7.32. The van der Waals surface area contributed by atoms with Crippen LogP contribution in [0.4, 0.5) is 0 Å². The second-order valence-electron chi connectivity index (χ2n) is 5.75. The first kappa shape index (κ1) is 16.3. The van der Waals surface area contributed by atoms with Crippen molar-refractivity contribution < 1.29 is 4.79 Å². The number of nitrogens with zero attached hydrogens (tertiary/aromatic N) is 1. The summed E-state index contributed by atoms with van der Waals surface area (Å²) in [7, 11) is 0. The Morgan fingerprint density at radius 2 is 2.00 bits per heavy atom. The van der Waals surface area contributed by atoms with E-state index in [4.69, 9.17) is 11.6 Å². The molecular weight excluding hydrogens is 322 g/mol. The number of H-pyrrole nitrogens is 1. The Balaban J connectivity index is 1.59. The van der Waals surface area contributed by atoms with Crippen LogP contribution in [0.25, 0.3) is 10.9 Å². The molecule has 0 unspecified atom stereocenters. The van der Waals surface area contributed by atoms with E-state index in [1.165, 1.54) is 0 Å². The van der Waals surface area contributed by atoms with Gasteiger partial charge in [0.05, 0.1) is 6.21 Å². The van der Waals surface area contributed by atoms with E-state index in [9.17, 15) is 4.79 Å². The van der Waals surface area contributed by atoms with Crippen LogP contribution in [-0.4, -0.2) is 17.1 Å². The van der Waals surface area contributed by atoms with Gasteiger partial charge in [-0.2, -0.15) is 5.10 Å². The van der Waals surface area contributed by atoms with Crippen molar-refractivity contribution in [2.45, 2.75) is 13.3 Å². The number of hydrogen-bond acceptors (Lipinski definition) is 2. The lowest BCUT2D eigenvalue weighted by atomic mass is 10.0. The number of nitrogens with one attached hydrogen (secondary N) is 2. The molecule has 0 aliphatic carbocycles. The van der Waals surface area contributed by atoms with Crippen molar-refractivity contribution in [1.29, 1.82) is 0 Å². The fourth-order valence-corrected chi connectivity index (χ4v) is 2.68. The van der Waals surface area contributed by atoms with E-state index < -0.39 is 0 Å². The van der Waals surface area contributed by atoms with Gasteiger partial charge >= 0.3 is 0 Å². The smallest absolute Gasteiger partial charge is 0.243 e. The summed E-state index contributed by atoms with van der Waals surface area (Å²) >= 11 is 5.83. The quantitative estimate of drug-likeness (QED) is 0.532. The number of hydrogen-bond donors (Lipinski definition) is 2. The lowest BCUT2D eigenvalue weighted by Crippen LogP contribution is -2.26. The maximum absolute atomic E-state index is 12.2. The van der Waals surface area contributed by atoms with Gasteiger partial charge in [-0.05, 0) is 35.7 Å². The molecule has 5 heteroatoms. The minimum atomic E-state index is -0.174. The highest BCUT2D eigenvalue weighted by molar-refractivity contribution is 6.30. The average Bonchev–Trinajstić information content (AvgIpc) is 3.00. The van der Waals surface area contributed by atoms with Crippen molar-refractivity contribution >= 4 is 34.6 Å². The second-order valence-corrected chi connectivity index (χ2v) is 6.19. The molecule has 1 aromatic heterocycles. The third kappa shape index (κ3) is 3.84. The molecule has 3 aromatic rings. The standard InChI is InChI=1S/C19H18ClN3O/c1-13(10-15-12-21-18-5-3-2-4-17(15)18)19(24)23-22-11-14-6-8-16(20)9-7-14/h2-9,11-13,21H,10H2,1H3,(H,23,24)/b22-11+/t13-/m0/s1. The first-order chi connectivity index (χ1) is 11.6. The summed E-state index contributed by atoms with van der Waals surface area (Å²) in [6.07, 6.45) is 4.23. The van der Waals surface area contributed by atoms with Crippen LogP contribution in [0.15, 0.2) is 59.8 Å². The van der Waals surface area contributed by atoms with E-state index in [-0.39, 0.29) is 11.8 Å². The molecule has 0 radical (unpaired) electrons. The summed E-state index contributed by atoms with van der Waals surface area (Å²) in [6.45, 7) is 1.90. The first-order valence-corrected chi connectivity index (χ1v) is 8.15. The number of carbonyl (C=O) groups is 1. The Morgan fingerprint density at radius 3 is 2.79 bits per heavy atom. The van der Waals surface area contributed by atoms with Crippen LogP contribution < -0.4 is 5.43 Å². The average molecular weight is 340 g/mol. The van der Waals surface area contributed by atoms with Crippen LogP contribution in [0.3, 0.4) is 0 Å². The van der Waals surface area contributed by atoms with Crippen molar-refractivity contribution in [3.8, 4) is 0 Å². The summed E-state index contributed by atoms with van der Waals surface area (Å²) in [5.74, 6) is -0.280. The lowest BCUT2D eigenvalue weighted by Gasteiger charge is -2.08. The number of para-hydroxylation sites is 1. The molecule has 0 aliphatic heterocycles. The molecule has 24 heavy (non-hydrogen) atoms. The van der Waals surface area contributed by atoms with E-state index in [0.29, 0.717) is 11.4 Å². The predicted octanol–water partition coefficient (Wildman–Crippen LogP) is 4.15. The van der Waals surface area contributed by atoms with E-state index >= 15 is 0 Å². The van der Waals surface area contributed by atoms with E-state index in [2.05, 4.69) is 21.6 Å². The molecule has 2 aromatic carbocycles. The molecule has 0 spiro atoms. The van der Waals surface area contributed by atoms with Gasteiger partial charge in [-0.25, -0.2) is 5.43 Å². The fourth-order valence-electron chi connectivity index (χ4n) is 2.55. The molecule has 0 aliphatic rings.